The Hall–Kier alpha value is -1.88. The summed E-state index contributed by atoms with van der Waals surface area (Å²) >= 11 is 0. The molecule has 2 N–H and O–H groups in total. The lowest BCUT2D eigenvalue weighted by molar-refractivity contribution is -0.120. The van der Waals surface area contributed by atoms with Crippen molar-refractivity contribution >= 4 is 17.5 Å². The second-order valence-electron chi connectivity index (χ2n) is 7.27. The van der Waals surface area contributed by atoms with E-state index in [1.54, 1.807) is 0 Å². The highest BCUT2D eigenvalue weighted by molar-refractivity contribution is 6.04. The maximum atomic E-state index is 13.0. The van der Waals surface area contributed by atoms with Crippen LogP contribution in [0.25, 0.3) is 0 Å². The quantitative estimate of drug-likeness (QED) is 0.883. The van der Waals surface area contributed by atoms with Crippen molar-refractivity contribution in [2.45, 2.75) is 51.0 Å². The summed E-state index contributed by atoms with van der Waals surface area (Å²) in [5.74, 6) is 0.0654. The van der Waals surface area contributed by atoms with Crippen LogP contribution in [-0.4, -0.2) is 42.9 Å². The van der Waals surface area contributed by atoms with Gasteiger partial charge in [-0.3, -0.25) is 9.59 Å². The summed E-state index contributed by atoms with van der Waals surface area (Å²) in [5.41, 5.74) is 1.23. The summed E-state index contributed by atoms with van der Waals surface area (Å²) in [7, 11) is 1.89. The van der Waals surface area contributed by atoms with Gasteiger partial charge in [0.2, 0.25) is 5.91 Å². The largest absolute Gasteiger partial charge is 0.339 e. The molecule has 1 aliphatic carbocycles. The lowest BCUT2D eigenvalue weighted by Gasteiger charge is -2.31. The highest BCUT2D eigenvalue weighted by atomic mass is 16.2. The Morgan fingerprint density at radius 2 is 1.72 bits per heavy atom. The summed E-state index contributed by atoms with van der Waals surface area (Å²) in [6.07, 6.45) is 7.50. The molecule has 1 heterocycles. The van der Waals surface area contributed by atoms with Crippen LogP contribution in [0.1, 0.15) is 55.3 Å². The number of carbonyl (C=O) groups is 2. The SMILES string of the molecule is CN(C(=O)c1ccccc1NC(=O)C1CCNCC1)C1CCCCC1. The van der Waals surface area contributed by atoms with Gasteiger partial charge in [-0.05, 0) is 50.9 Å². The Labute approximate surface area is 150 Å². The van der Waals surface area contributed by atoms with Crippen LogP contribution in [0.4, 0.5) is 5.69 Å². The van der Waals surface area contributed by atoms with Crippen molar-refractivity contribution in [2.75, 3.05) is 25.5 Å². The molecular weight excluding hydrogens is 314 g/mol. The van der Waals surface area contributed by atoms with Crippen LogP contribution in [0, 0.1) is 5.92 Å². The van der Waals surface area contributed by atoms with Gasteiger partial charge in [-0.25, -0.2) is 0 Å². The van der Waals surface area contributed by atoms with E-state index in [1.807, 2.05) is 36.2 Å². The van der Waals surface area contributed by atoms with Crippen LogP contribution in [-0.2, 0) is 4.79 Å². The number of amides is 2. The third-order valence-corrected chi connectivity index (χ3v) is 5.57. The Morgan fingerprint density at radius 3 is 2.44 bits per heavy atom. The molecule has 0 bridgehead atoms. The predicted octanol–water partition coefficient (Wildman–Crippen LogP) is 3.03. The second-order valence-corrected chi connectivity index (χ2v) is 7.27. The molecular formula is C20H29N3O2. The molecule has 136 valence electrons. The maximum Gasteiger partial charge on any atom is 0.255 e. The van der Waals surface area contributed by atoms with E-state index in [2.05, 4.69) is 10.6 Å². The Kier molecular flexibility index (Phi) is 6.08. The molecule has 5 nitrogen and oxygen atoms in total. The highest BCUT2D eigenvalue weighted by Gasteiger charge is 2.26. The molecule has 2 aliphatic rings. The van der Waals surface area contributed by atoms with Crippen molar-refractivity contribution in [2.24, 2.45) is 5.92 Å². The van der Waals surface area contributed by atoms with E-state index in [9.17, 15) is 9.59 Å². The van der Waals surface area contributed by atoms with Gasteiger partial charge in [-0.2, -0.15) is 0 Å². The van der Waals surface area contributed by atoms with Crippen LogP contribution in [0.15, 0.2) is 24.3 Å². The Balaban J connectivity index is 1.71. The zero-order valence-electron chi connectivity index (χ0n) is 15.1. The summed E-state index contributed by atoms with van der Waals surface area (Å²) in [6.45, 7) is 1.76. The minimum atomic E-state index is 0.00751. The molecule has 5 heteroatoms. The van der Waals surface area contributed by atoms with E-state index < -0.39 is 0 Å². The Bertz CT molecular complexity index is 605. The van der Waals surface area contributed by atoms with Crippen LogP contribution in [0.5, 0.6) is 0 Å². The summed E-state index contributed by atoms with van der Waals surface area (Å²) in [4.78, 5) is 27.4. The van der Waals surface area contributed by atoms with Crippen molar-refractivity contribution in [3.63, 3.8) is 0 Å². The van der Waals surface area contributed by atoms with Gasteiger partial charge in [-0.1, -0.05) is 31.4 Å². The van der Waals surface area contributed by atoms with Crippen molar-refractivity contribution < 1.29 is 9.59 Å². The van der Waals surface area contributed by atoms with Gasteiger partial charge in [0.05, 0.1) is 11.3 Å². The average Bonchev–Trinajstić information content (AvgIpc) is 2.68. The van der Waals surface area contributed by atoms with Crippen molar-refractivity contribution in [1.82, 2.24) is 10.2 Å². The molecule has 0 aromatic heterocycles. The molecule has 0 atom stereocenters. The number of rotatable bonds is 4. The summed E-state index contributed by atoms with van der Waals surface area (Å²) < 4.78 is 0. The van der Waals surface area contributed by atoms with Gasteiger partial charge in [0, 0.05) is 19.0 Å². The molecule has 1 aliphatic heterocycles. The van der Waals surface area contributed by atoms with E-state index in [4.69, 9.17) is 0 Å². The molecule has 2 fully saturated rings. The molecule has 1 aromatic rings. The van der Waals surface area contributed by atoms with Gasteiger partial charge in [0.15, 0.2) is 0 Å². The number of anilines is 1. The second kappa shape index (κ2) is 8.48. The van der Waals surface area contributed by atoms with E-state index in [0.29, 0.717) is 17.3 Å². The molecule has 1 aromatic carbocycles. The van der Waals surface area contributed by atoms with Crippen LogP contribution < -0.4 is 10.6 Å². The first-order valence-electron chi connectivity index (χ1n) is 9.54. The fourth-order valence-corrected chi connectivity index (χ4v) is 3.92. The fourth-order valence-electron chi connectivity index (χ4n) is 3.92. The van der Waals surface area contributed by atoms with Gasteiger partial charge >= 0.3 is 0 Å². The fraction of sp³-hybridized carbons (Fsp3) is 0.600. The molecule has 1 saturated heterocycles. The van der Waals surface area contributed by atoms with Crippen molar-refractivity contribution in [3.05, 3.63) is 29.8 Å². The van der Waals surface area contributed by atoms with E-state index in [-0.39, 0.29) is 17.7 Å². The predicted molar refractivity (Wildman–Crippen MR) is 99.6 cm³/mol. The molecule has 3 rings (SSSR count). The van der Waals surface area contributed by atoms with Gasteiger partial charge in [-0.15, -0.1) is 0 Å². The van der Waals surface area contributed by atoms with Gasteiger partial charge < -0.3 is 15.5 Å². The number of benzene rings is 1. The monoisotopic (exact) mass is 343 g/mol. The topological polar surface area (TPSA) is 61.4 Å². The zero-order chi connectivity index (χ0) is 17.6. The average molecular weight is 343 g/mol. The maximum absolute atomic E-state index is 13.0. The van der Waals surface area contributed by atoms with Gasteiger partial charge in [0.25, 0.3) is 5.91 Å². The van der Waals surface area contributed by atoms with Crippen LogP contribution in [0.3, 0.4) is 0 Å². The minimum absolute atomic E-state index is 0.00751. The van der Waals surface area contributed by atoms with Gasteiger partial charge in [0.1, 0.15) is 0 Å². The minimum Gasteiger partial charge on any atom is -0.339 e. The number of nitrogens with one attached hydrogen (secondary N) is 2. The molecule has 0 spiro atoms. The first kappa shape index (κ1) is 17.9. The molecule has 25 heavy (non-hydrogen) atoms. The summed E-state index contributed by atoms with van der Waals surface area (Å²) in [6, 6.07) is 7.70. The third-order valence-electron chi connectivity index (χ3n) is 5.57. The first-order valence-corrected chi connectivity index (χ1v) is 9.54. The van der Waals surface area contributed by atoms with E-state index >= 15 is 0 Å². The Morgan fingerprint density at radius 1 is 1.04 bits per heavy atom. The number of hydrogen-bond acceptors (Lipinski definition) is 3. The third kappa shape index (κ3) is 4.40. The normalized spacial score (nSPS) is 19.4. The smallest absolute Gasteiger partial charge is 0.255 e. The number of para-hydroxylation sites is 1. The van der Waals surface area contributed by atoms with Crippen LogP contribution >= 0.6 is 0 Å². The molecule has 0 unspecified atom stereocenters. The number of piperidine rings is 1. The summed E-state index contributed by atoms with van der Waals surface area (Å²) in [5, 5.41) is 6.28. The van der Waals surface area contributed by atoms with E-state index in [0.717, 1.165) is 38.8 Å². The first-order chi connectivity index (χ1) is 12.2. The van der Waals surface area contributed by atoms with Crippen molar-refractivity contribution in [3.8, 4) is 0 Å². The number of hydrogen-bond donors (Lipinski definition) is 2. The van der Waals surface area contributed by atoms with Crippen molar-refractivity contribution in [1.29, 1.82) is 0 Å². The zero-order valence-corrected chi connectivity index (χ0v) is 15.1. The molecule has 2 amide bonds. The highest BCUT2D eigenvalue weighted by Crippen LogP contribution is 2.25. The standard InChI is InChI=1S/C20H29N3O2/c1-23(16-7-3-2-4-8-16)20(25)17-9-5-6-10-18(17)22-19(24)15-11-13-21-14-12-15/h5-6,9-10,15-16,21H,2-4,7-8,11-14H2,1H3,(H,22,24). The molecule has 1 saturated carbocycles. The van der Waals surface area contributed by atoms with Crippen LogP contribution in [0.2, 0.25) is 0 Å². The number of carbonyl (C=O) groups excluding carboxylic acids is 2. The molecule has 0 radical (unpaired) electrons. The van der Waals surface area contributed by atoms with E-state index in [1.165, 1.54) is 19.3 Å². The number of nitrogens with zero attached hydrogens (tertiary/aromatic N) is 1. The lowest BCUT2D eigenvalue weighted by atomic mass is 9.94. The lowest BCUT2D eigenvalue weighted by Crippen LogP contribution is -2.39.